The summed E-state index contributed by atoms with van der Waals surface area (Å²) in [4.78, 5) is 11.7. The molecule has 0 aliphatic carbocycles. The van der Waals surface area contributed by atoms with E-state index in [0.717, 1.165) is 32.1 Å². The Kier molecular flexibility index (Phi) is 6.93. The molecule has 78 valence electrons. The van der Waals surface area contributed by atoms with Gasteiger partial charge < -0.3 is 0 Å². The number of hydrogen-bond donors (Lipinski definition) is 0. The molecule has 1 heteroatoms. The molecule has 0 bridgehead atoms. The van der Waals surface area contributed by atoms with Gasteiger partial charge in [0.15, 0.2) is 0 Å². The number of ketones is 1. The van der Waals surface area contributed by atoms with E-state index in [-0.39, 0.29) is 0 Å². The summed E-state index contributed by atoms with van der Waals surface area (Å²) in [5.41, 5.74) is 0. The first-order chi connectivity index (χ1) is 6.11. The molecule has 0 radical (unpaired) electrons. The van der Waals surface area contributed by atoms with E-state index in [1.54, 1.807) is 0 Å². The number of Topliss-reactive ketones (excluding diaryl/α,β-unsaturated/α-hetero) is 1. The van der Waals surface area contributed by atoms with Gasteiger partial charge >= 0.3 is 0 Å². The Bertz CT molecular complexity index is 132. The lowest BCUT2D eigenvalue weighted by atomic mass is 9.89. The molecule has 0 N–H and O–H groups in total. The maximum absolute atomic E-state index is 11.7. The van der Waals surface area contributed by atoms with Crippen molar-refractivity contribution in [3.05, 3.63) is 0 Å². The monoisotopic (exact) mass is 184 g/mol. The first-order valence-corrected chi connectivity index (χ1v) is 5.64. The first kappa shape index (κ1) is 12.7. The van der Waals surface area contributed by atoms with Crippen LogP contribution in [0.5, 0.6) is 0 Å². The van der Waals surface area contributed by atoms with Crippen LogP contribution in [0, 0.1) is 11.8 Å². The summed E-state index contributed by atoms with van der Waals surface area (Å²) in [5.74, 6) is 1.35. The molecule has 0 saturated heterocycles. The zero-order chi connectivity index (χ0) is 10.3. The summed E-state index contributed by atoms with van der Waals surface area (Å²) < 4.78 is 0. The second kappa shape index (κ2) is 7.11. The maximum atomic E-state index is 11.7. The predicted octanol–water partition coefficient (Wildman–Crippen LogP) is 3.82. The number of carbonyl (C=O) groups is 1. The fraction of sp³-hybridized carbons (Fsp3) is 0.917. The summed E-state index contributed by atoms with van der Waals surface area (Å²) in [5, 5.41) is 0. The Morgan fingerprint density at radius 1 is 1.08 bits per heavy atom. The molecule has 0 aliphatic heterocycles. The molecule has 0 spiro atoms. The molecule has 0 aliphatic rings. The van der Waals surface area contributed by atoms with Gasteiger partial charge in [-0.25, -0.2) is 0 Å². The molecule has 1 nitrogen and oxygen atoms in total. The average molecular weight is 184 g/mol. The van der Waals surface area contributed by atoms with Crippen molar-refractivity contribution in [2.75, 3.05) is 0 Å². The molecule has 0 atom stereocenters. The van der Waals surface area contributed by atoms with Crippen molar-refractivity contribution in [1.82, 2.24) is 0 Å². The first-order valence-electron chi connectivity index (χ1n) is 5.64. The van der Waals surface area contributed by atoms with E-state index in [1.807, 2.05) is 0 Å². The Labute approximate surface area is 82.9 Å². The molecule has 0 aromatic carbocycles. The lowest BCUT2D eigenvalue weighted by Gasteiger charge is -2.14. The predicted molar refractivity (Wildman–Crippen MR) is 57.8 cm³/mol. The van der Waals surface area contributed by atoms with Gasteiger partial charge in [-0.2, -0.15) is 0 Å². The van der Waals surface area contributed by atoms with Gasteiger partial charge in [0.2, 0.25) is 0 Å². The fourth-order valence-corrected chi connectivity index (χ4v) is 1.73. The highest BCUT2D eigenvalue weighted by molar-refractivity contribution is 5.81. The number of carbonyl (C=O) groups excluding carboxylic acids is 1. The highest BCUT2D eigenvalue weighted by Crippen LogP contribution is 2.18. The summed E-state index contributed by atoms with van der Waals surface area (Å²) in [6.07, 6.45) is 5.20. The van der Waals surface area contributed by atoms with Crippen molar-refractivity contribution in [2.24, 2.45) is 11.8 Å². The van der Waals surface area contributed by atoms with Crippen LogP contribution >= 0.6 is 0 Å². The van der Waals surface area contributed by atoms with Crippen LogP contribution < -0.4 is 0 Å². The molecule has 0 aromatic heterocycles. The molecule has 0 amide bonds. The summed E-state index contributed by atoms with van der Waals surface area (Å²) in [6, 6.07) is 0. The summed E-state index contributed by atoms with van der Waals surface area (Å²) in [6.45, 7) is 8.55. The minimum Gasteiger partial charge on any atom is -0.299 e. The number of hydrogen-bond acceptors (Lipinski definition) is 1. The Balaban J connectivity index is 3.95. The lowest BCUT2D eigenvalue weighted by molar-refractivity contribution is -0.124. The van der Waals surface area contributed by atoms with Gasteiger partial charge in [0.05, 0.1) is 0 Å². The van der Waals surface area contributed by atoms with Gasteiger partial charge in [-0.15, -0.1) is 0 Å². The summed E-state index contributed by atoms with van der Waals surface area (Å²) >= 11 is 0. The van der Waals surface area contributed by atoms with Crippen molar-refractivity contribution in [3.8, 4) is 0 Å². The second-order valence-electron chi connectivity index (χ2n) is 4.34. The van der Waals surface area contributed by atoms with Crippen LogP contribution in [0.2, 0.25) is 0 Å². The zero-order valence-corrected chi connectivity index (χ0v) is 9.60. The standard InChI is InChI=1S/C12H24O/c1-5-7-11(8-6-2)12(13)9-10(3)4/h10-11H,5-9H2,1-4H3. The molecule has 0 heterocycles. The van der Waals surface area contributed by atoms with Crippen molar-refractivity contribution < 1.29 is 4.79 Å². The normalized spacial score (nSPS) is 11.2. The van der Waals surface area contributed by atoms with Crippen molar-refractivity contribution in [1.29, 1.82) is 0 Å². The van der Waals surface area contributed by atoms with E-state index in [2.05, 4.69) is 27.7 Å². The Morgan fingerprint density at radius 2 is 1.54 bits per heavy atom. The fourth-order valence-electron chi connectivity index (χ4n) is 1.73. The van der Waals surface area contributed by atoms with Crippen LogP contribution in [-0.4, -0.2) is 5.78 Å². The SMILES string of the molecule is CCCC(CCC)C(=O)CC(C)C. The molecule has 0 aromatic rings. The Morgan fingerprint density at radius 3 is 1.85 bits per heavy atom. The second-order valence-corrected chi connectivity index (χ2v) is 4.34. The van der Waals surface area contributed by atoms with E-state index in [4.69, 9.17) is 0 Å². The highest BCUT2D eigenvalue weighted by atomic mass is 16.1. The van der Waals surface area contributed by atoms with Crippen LogP contribution in [-0.2, 0) is 4.79 Å². The zero-order valence-electron chi connectivity index (χ0n) is 9.60. The molecule has 0 saturated carbocycles. The molecular weight excluding hydrogens is 160 g/mol. The molecule has 0 fully saturated rings. The third-order valence-electron chi connectivity index (χ3n) is 2.34. The van der Waals surface area contributed by atoms with Crippen LogP contribution in [0.15, 0.2) is 0 Å². The van der Waals surface area contributed by atoms with Crippen LogP contribution in [0.25, 0.3) is 0 Å². The lowest BCUT2D eigenvalue weighted by Crippen LogP contribution is -2.16. The largest absolute Gasteiger partial charge is 0.299 e. The van der Waals surface area contributed by atoms with Gasteiger partial charge in [-0.05, 0) is 18.8 Å². The molecule has 0 unspecified atom stereocenters. The third kappa shape index (κ3) is 5.84. The van der Waals surface area contributed by atoms with Crippen LogP contribution in [0.1, 0.15) is 59.8 Å². The van der Waals surface area contributed by atoms with Gasteiger partial charge in [0.1, 0.15) is 5.78 Å². The van der Waals surface area contributed by atoms with Crippen molar-refractivity contribution in [3.63, 3.8) is 0 Å². The quantitative estimate of drug-likeness (QED) is 0.588. The minimum atomic E-state index is 0.345. The maximum Gasteiger partial charge on any atom is 0.136 e. The number of rotatable bonds is 7. The van der Waals surface area contributed by atoms with E-state index in [0.29, 0.717) is 17.6 Å². The molecule has 13 heavy (non-hydrogen) atoms. The van der Waals surface area contributed by atoms with E-state index < -0.39 is 0 Å². The highest BCUT2D eigenvalue weighted by Gasteiger charge is 2.16. The van der Waals surface area contributed by atoms with Gasteiger partial charge in [-0.3, -0.25) is 4.79 Å². The molecular formula is C12H24O. The van der Waals surface area contributed by atoms with E-state index in [9.17, 15) is 4.79 Å². The van der Waals surface area contributed by atoms with Crippen molar-refractivity contribution >= 4 is 5.78 Å². The Hall–Kier alpha value is -0.330. The van der Waals surface area contributed by atoms with Crippen LogP contribution in [0.4, 0.5) is 0 Å². The molecule has 0 rings (SSSR count). The van der Waals surface area contributed by atoms with Gasteiger partial charge in [-0.1, -0.05) is 40.5 Å². The van der Waals surface area contributed by atoms with Crippen molar-refractivity contribution in [2.45, 2.75) is 59.8 Å². The van der Waals surface area contributed by atoms with E-state index in [1.165, 1.54) is 0 Å². The minimum absolute atomic E-state index is 0.345. The van der Waals surface area contributed by atoms with E-state index >= 15 is 0 Å². The summed E-state index contributed by atoms with van der Waals surface area (Å²) in [7, 11) is 0. The van der Waals surface area contributed by atoms with Crippen LogP contribution in [0.3, 0.4) is 0 Å². The smallest absolute Gasteiger partial charge is 0.136 e. The average Bonchev–Trinajstić information content (AvgIpc) is 2.02. The topological polar surface area (TPSA) is 17.1 Å². The third-order valence-corrected chi connectivity index (χ3v) is 2.34. The van der Waals surface area contributed by atoms with Gasteiger partial charge in [0, 0.05) is 12.3 Å². The van der Waals surface area contributed by atoms with Gasteiger partial charge in [0.25, 0.3) is 0 Å².